The van der Waals surface area contributed by atoms with Gasteiger partial charge in [-0.3, -0.25) is 4.21 Å². The Labute approximate surface area is 93.5 Å². The molecule has 1 rings (SSSR count). The second kappa shape index (κ2) is 6.61. The topological polar surface area (TPSA) is 46.9 Å². The molecule has 0 aliphatic rings. The molecule has 1 aromatic heterocycles. The molecule has 1 aromatic rings. The maximum absolute atomic E-state index is 11.3. The Bertz CT molecular complexity index is 311. The van der Waals surface area contributed by atoms with E-state index in [0.717, 1.165) is 31.2 Å². The minimum Gasteiger partial charge on any atom is -0.356 e. The summed E-state index contributed by atoms with van der Waals surface area (Å²) in [7, 11) is -0.702. The van der Waals surface area contributed by atoms with Gasteiger partial charge in [-0.2, -0.15) is 0 Å². The van der Waals surface area contributed by atoms with Crippen LogP contribution < -0.4 is 5.32 Å². The van der Waals surface area contributed by atoms with E-state index in [4.69, 9.17) is 0 Å². The van der Waals surface area contributed by atoms with E-state index in [9.17, 15) is 4.21 Å². The number of aryl methyl sites for hydroxylation is 1. The molecule has 0 saturated carbocycles. The highest BCUT2D eigenvalue weighted by molar-refractivity contribution is 7.84. The van der Waals surface area contributed by atoms with Crippen molar-refractivity contribution < 1.29 is 4.21 Å². The molecular weight excluding hydrogens is 210 g/mol. The molecule has 0 spiro atoms. The van der Waals surface area contributed by atoms with Gasteiger partial charge in [0.05, 0.1) is 0 Å². The SMILES string of the molecule is CCCNc1nccn1CCS(=O)CC. The summed E-state index contributed by atoms with van der Waals surface area (Å²) in [6.45, 7) is 5.76. The molecule has 0 saturated heterocycles. The third kappa shape index (κ3) is 4.03. The van der Waals surface area contributed by atoms with Gasteiger partial charge < -0.3 is 9.88 Å². The monoisotopic (exact) mass is 229 g/mol. The summed E-state index contributed by atoms with van der Waals surface area (Å²) in [6.07, 6.45) is 4.77. The summed E-state index contributed by atoms with van der Waals surface area (Å²) in [6, 6.07) is 0. The molecule has 0 amide bonds. The van der Waals surface area contributed by atoms with Crippen molar-refractivity contribution in [2.45, 2.75) is 26.8 Å². The molecule has 1 unspecified atom stereocenters. The summed E-state index contributed by atoms with van der Waals surface area (Å²) >= 11 is 0. The summed E-state index contributed by atoms with van der Waals surface area (Å²) in [5.74, 6) is 2.31. The highest BCUT2D eigenvalue weighted by Gasteiger charge is 2.02. The second-order valence-corrected chi connectivity index (χ2v) is 5.17. The average Bonchev–Trinajstić information content (AvgIpc) is 2.70. The molecule has 15 heavy (non-hydrogen) atoms. The summed E-state index contributed by atoms with van der Waals surface area (Å²) < 4.78 is 13.3. The second-order valence-electron chi connectivity index (χ2n) is 3.30. The van der Waals surface area contributed by atoms with Crippen LogP contribution in [0, 0.1) is 0 Å². The lowest BCUT2D eigenvalue weighted by molar-refractivity contribution is 0.674. The van der Waals surface area contributed by atoms with E-state index in [1.807, 2.05) is 17.7 Å². The first kappa shape index (κ1) is 12.2. The molecule has 0 aliphatic carbocycles. The molecule has 0 aliphatic heterocycles. The number of imidazole rings is 1. The van der Waals surface area contributed by atoms with Gasteiger partial charge in [0, 0.05) is 47.8 Å². The van der Waals surface area contributed by atoms with Crippen molar-refractivity contribution in [1.82, 2.24) is 9.55 Å². The number of nitrogens with zero attached hydrogens (tertiary/aromatic N) is 2. The van der Waals surface area contributed by atoms with Crippen LogP contribution in [-0.2, 0) is 17.3 Å². The van der Waals surface area contributed by atoms with E-state index in [2.05, 4.69) is 17.2 Å². The molecule has 0 aromatic carbocycles. The van der Waals surface area contributed by atoms with Crippen LogP contribution in [0.25, 0.3) is 0 Å². The standard InChI is InChI=1S/C10H19N3OS/c1-3-5-11-10-12-6-7-13(10)8-9-15(14)4-2/h6-7H,3-5,8-9H2,1-2H3,(H,11,12). The van der Waals surface area contributed by atoms with E-state index in [1.54, 1.807) is 6.20 Å². The Morgan fingerprint density at radius 3 is 3.00 bits per heavy atom. The van der Waals surface area contributed by atoms with Crippen LogP contribution in [0.1, 0.15) is 20.3 Å². The van der Waals surface area contributed by atoms with Gasteiger partial charge in [-0.25, -0.2) is 4.98 Å². The number of hydrogen-bond acceptors (Lipinski definition) is 3. The van der Waals surface area contributed by atoms with E-state index < -0.39 is 10.8 Å². The lowest BCUT2D eigenvalue weighted by Gasteiger charge is -2.08. The van der Waals surface area contributed by atoms with Gasteiger partial charge in [-0.1, -0.05) is 13.8 Å². The molecule has 0 bridgehead atoms. The Morgan fingerprint density at radius 1 is 1.53 bits per heavy atom. The Morgan fingerprint density at radius 2 is 2.33 bits per heavy atom. The Hall–Kier alpha value is -0.840. The van der Waals surface area contributed by atoms with Gasteiger partial charge in [0.15, 0.2) is 0 Å². The van der Waals surface area contributed by atoms with Crippen molar-refractivity contribution in [3.05, 3.63) is 12.4 Å². The first-order valence-corrected chi connectivity index (χ1v) is 6.86. The molecule has 1 N–H and O–H groups in total. The molecule has 1 heterocycles. The Balaban J connectivity index is 2.45. The van der Waals surface area contributed by atoms with Gasteiger partial charge in [-0.15, -0.1) is 0 Å². The fourth-order valence-electron chi connectivity index (χ4n) is 1.24. The summed E-state index contributed by atoms with van der Waals surface area (Å²) in [4.78, 5) is 4.21. The van der Waals surface area contributed by atoms with Crippen LogP contribution in [0.5, 0.6) is 0 Å². The highest BCUT2D eigenvalue weighted by Crippen LogP contribution is 2.04. The zero-order valence-electron chi connectivity index (χ0n) is 9.40. The number of anilines is 1. The maximum atomic E-state index is 11.3. The van der Waals surface area contributed by atoms with E-state index in [0.29, 0.717) is 5.75 Å². The predicted octanol–water partition coefficient (Wildman–Crippen LogP) is 1.47. The maximum Gasteiger partial charge on any atom is 0.202 e. The van der Waals surface area contributed by atoms with Gasteiger partial charge >= 0.3 is 0 Å². The quantitative estimate of drug-likeness (QED) is 0.770. The van der Waals surface area contributed by atoms with Crippen molar-refractivity contribution in [3.63, 3.8) is 0 Å². The van der Waals surface area contributed by atoms with Crippen LogP contribution in [0.4, 0.5) is 5.95 Å². The van der Waals surface area contributed by atoms with Crippen LogP contribution in [0.3, 0.4) is 0 Å². The third-order valence-electron chi connectivity index (χ3n) is 2.13. The number of aromatic nitrogens is 2. The molecule has 0 fully saturated rings. The largest absolute Gasteiger partial charge is 0.356 e. The lowest BCUT2D eigenvalue weighted by Crippen LogP contribution is -2.12. The van der Waals surface area contributed by atoms with Crippen molar-refractivity contribution in [1.29, 1.82) is 0 Å². The van der Waals surface area contributed by atoms with Crippen LogP contribution in [0.15, 0.2) is 12.4 Å². The fraction of sp³-hybridized carbons (Fsp3) is 0.700. The van der Waals surface area contributed by atoms with Crippen molar-refractivity contribution >= 4 is 16.7 Å². The van der Waals surface area contributed by atoms with Crippen LogP contribution in [-0.4, -0.2) is 31.8 Å². The fourth-order valence-corrected chi connectivity index (χ4v) is 1.93. The van der Waals surface area contributed by atoms with Crippen molar-refractivity contribution in [2.75, 3.05) is 23.4 Å². The minimum absolute atomic E-state index is 0.702. The lowest BCUT2D eigenvalue weighted by atomic mass is 10.5. The van der Waals surface area contributed by atoms with Crippen LogP contribution in [0.2, 0.25) is 0 Å². The molecule has 5 heteroatoms. The highest BCUT2D eigenvalue weighted by atomic mass is 32.2. The van der Waals surface area contributed by atoms with E-state index in [-0.39, 0.29) is 0 Å². The van der Waals surface area contributed by atoms with Crippen molar-refractivity contribution in [3.8, 4) is 0 Å². The van der Waals surface area contributed by atoms with E-state index >= 15 is 0 Å². The van der Waals surface area contributed by atoms with Crippen molar-refractivity contribution in [2.24, 2.45) is 0 Å². The number of rotatable bonds is 7. The summed E-state index contributed by atoms with van der Waals surface area (Å²) in [5, 5.41) is 3.24. The number of hydrogen-bond donors (Lipinski definition) is 1. The first-order valence-electron chi connectivity index (χ1n) is 5.37. The zero-order valence-corrected chi connectivity index (χ0v) is 10.2. The number of nitrogens with one attached hydrogen (secondary N) is 1. The van der Waals surface area contributed by atoms with Gasteiger partial charge in [0.2, 0.25) is 5.95 Å². The molecule has 4 nitrogen and oxygen atoms in total. The first-order chi connectivity index (χ1) is 7.27. The zero-order chi connectivity index (χ0) is 11.1. The van der Waals surface area contributed by atoms with Gasteiger partial charge in [-0.05, 0) is 6.42 Å². The normalized spacial score (nSPS) is 12.7. The smallest absolute Gasteiger partial charge is 0.202 e. The minimum atomic E-state index is -0.702. The van der Waals surface area contributed by atoms with Gasteiger partial charge in [0.1, 0.15) is 0 Å². The van der Waals surface area contributed by atoms with E-state index in [1.165, 1.54) is 0 Å². The molecule has 1 atom stereocenters. The molecule has 86 valence electrons. The average molecular weight is 229 g/mol. The van der Waals surface area contributed by atoms with Crippen LogP contribution >= 0.6 is 0 Å². The summed E-state index contributed by atoms with van der Waals surface area (Å²) in [5.41, 5.74) is 0. The molecule has 0 radical (unpaired) electrons. The predicted molar refractivity (Wildman–Crippen MR) is 64.6 cm³/mol. The van der Waals surface area contributed by atoms with Gasteiger partial charge in [0.25, 0.3) is 0 Å². The third-order valence-corrected chi connectivity index (χ3v) is 3.41. The molecular formula is C10H19N3OS. The Kier molecular flexibility index (Phi) is 5.39.